The number of hydrogen-bond donors (Lipinski definition) is 1. The molecule has 1 heteroatoms. The maximum Gasteiger partial charge on any atom is 0.0141 e. The van der Waals surface area contributed by atoms with Gasteiger partial charge < -0.3 is 5.32 Å². The largest absolute Gasteiger partial charge is 0.391 e. The van der Waals surface area contributed by atoms with Crippen molar-refractivity contribution in [3.63, 3.8) is 0 Å². The van der Waals surface area contributed by atoms with E-state index in [9.17, 15) is 0 Å². The first kappa shape index (κ1) is 11.0. The van der Waals surface area contributed by atoms with E-state index in [1.807, 2.05) is 24.4 Å². The second kappa shape index (κ2) is 10.0. The second-order valence-corrected chi connectivity index (χ2v) is 2.64. The topological polar surface area (TPSA) is 12.0 Å². The number of unbranched alkanes of at least 4 members (excludes halogenated alkanes) is 2. The molecule has 0 saturated heterocycles. The molecule has 0 aromatic carbocycles. The Balaban J connectivity index is 3.13. The normalized spacial score (nSPS) is 11.1. The lowest BCUT2D eigenvalue weighted by atomic mass is 10.2. The lowest BCUT2D eigenvalue weighted by Crippen LogP contribution is -2.05. The summed E-state index contributed by atoms with van der Waals surface area (Å²) < 4.78 is 0. The number of allylic oxidation sites excluding steroid dienone is 4. The summed E-state index contributed by atoms with van der Waals surface area (Å²) in [7, 11) is 0. The first-order chi connectivity index (χ1) is 5.91. The van der Waals surface area contributed by atoms with E-state index in [2.05, 4.69) is 18.8 Å². The van der Waals surface area contributed by atoms with Crippen LogP contribution in [-0.2, 0) is 0 Å². The predicted octanol–water partition coefficient (Wildman–Crippen LogP) is 3.02. The standard InChI is InChI=1S/C11H19N/c1-3-5-7-9-11-12-10-8-6-4-2/h3,5,7,9,11-12H,1,4,6,8,10H2,2H3. The Hall–Kier alpha value is -0.980. The Kier molecular flexibility index (Phi) is 9.20. The van der Waals surface area contributed by atoms with Gasteiger partial charge in [-0.15, -0.1) is 0 Å². The zero-order valence-electron chi connectivity index (χ0n) is 7.92. The first-order valence-corrected chi connectivity index (χ1v) is 4.59. The molecule has 12 heavy (non-hydrogen) atoms. The Bertz CT molecular complexity index is 145. The highest BCUT2D eigenvalue weighted by Crippen LogP contribution is 1.90. The molecule has 0 fully saturated rings. The molecule has 1 N–H and O–H groups in total. The maximum atomic E-state index is 3.58. The summed E-state index contributed by atoms with van der Waals surface area (Å²) >= 11 is 0. The van der Waals surface area contributed by atoms with Crippen molar-refractivity contribution < 1.29 is 0 Å². The van der Waals surface area contributed by atoms with Gasteiger partial charge in [0.1, 0.15) is 0 Å². The van der Waals surface area contributed by atoms with E-state index in [1.165, 1.54) is 19.3 Å². The van der Waals surface area contributed by atoms with Crippen molar-refractivity contribution in [3.05, 3.63) is 37.1 Å². The van der Waals surface area contributed by atoms with Gasteiger partial charge in [0, 0.05) is 6.54 Å². The smallest absolute Gasteiger partial charge is 0.0141 e. The second-order valence-electron chi connectivity index (χ2n) is 2.64. The highest BCUT2D eigenvalue weighted by Gasteiger charge is 1.80. The summed E-state index contributed by atoms with van der Waals surface area (Å²) in [5.41, 5.74) is 0. The van der Waals surface area contributed by atoms with Crippen LogP contribution in [0.2, 0.25) is 0 Å². The van der Waals surface area contributed by atoms with Gasteiger partial charge in [-0.25, -0.2) is 0 Å². The monoisotopic (exact) mass is 165 g/mol. The molecular formula is C11H19N. The van der Waals surface area contributed by atoms with Crippen LogP contribution in [0.4, 0.5) is 0 Å². The first-order valence-electron chi connectivity index (χ1n) is 4.59. The molecule has 0 atom stereocenters. The number of rotatable bonds is 7. The predicted molar refractivity (Wildman–Crippen MR) is 56.0 cm³/mol. The molecule has 0 aromatic rings. The van der Waals surface area contributed by atoms with Crippen LogP contribution in [0.1, 0.15) is 26.2 Å². The highest BCUT2D eigenvalue weighted by atomic mass is 14.8. The summed E-state index contributed by atoms with van der Waals surface area (Å²) in [5, 5.41) is 3.21. The van der Waals surface area contributed by atoms with Crippen LogP contribution >= 0.6 is 0 Å². The third-order valence-electron chi connectivity index (χ3n) is 1.50. The third-order valence-corrected chi connectivity index (χ3v) is 1.50. The lowest BCUT2D eigenvalue weighted by molar-refractivity contribution is 0.683. The third kappa shape index (κ3) is 9.02. The number of hydrogen-bond acceptors (Lipinski definition) is 1. The van der Waals surface area contributed by atoms with Gasteiger partial charge in [-0.1, -0.05) is 44.6 Å². The van der Waals surface area contributed by atoms with Crippen molar-refractivity contribution in [2.75, 3.05) is 6.54 Å². The van der Waals surface area contributed by atoms with Crippen LogP contribution in [0, 0.1) is 0 Å². The Morgan fingerprint density at radius 3 is 2.67 bits per heavy atom. The Labute approximate surface area is 75.9 Å². The molecular weight excluding hydrogens is 146 g/mol. The highest BCUT2D eigenvalue weighted by molar-refractivity contribution is 5.08. The van der Waals surface area contributed by atoms with Crippen LogP contribution in [0.15, 0.2) is 37.1 Å². The van der Waals surface area contributed by atoms with E-state index < -0.39 is 0 Å². The molecule has 0 amide bonds. The maximum absolute atomic E-state index is 3.58. The quantitative estimate of drug-likeness (QED) is 0.451. The van der Waals surface area contributed by atoms with Crippen molar-refractivity contribution in [2.45, 2.75) is 26.2 Å². The Morgan fingerprint density at radius 2 is 2.00 bits per heavy atom. The minimum absolute atomic E-state index is 1.08. The molecule has 0 aliphatic carbocycles. The lowest BCUT2D eigenvalue weighted by Gasteiger charge is -1.97. The van der Waals surface area contributed by atoms with E-state index in [0.717, 1.165) is 6.54 Å². The molecule has 0 heterocycles. The summed E-state index contributed by atoms with van der Waals surface area (Å²) in [6.45, 7) is 6.86. The molecule has 0 unspecified atom stereocenters. The molecule has 0 aliphatic rings. The van der Waals surface area contributed by atoms with E-state index >= 15 is 0 Å². The van der Waals surface area contributed by atoms with Crippen molar-refractivity contribution in [3.8, 4) is 0 Å². The van der Waals surface area contributed by atoms with Gasteiger partial charge in [0.25, 0.3) is 0 Å². The number of nitrogens with one attached hydrogen (secondary N) is 1. The summed E-state index contributed by atoms with van der Waals surface area (Å²) in [5.74, 6) is 0. The van der Waals surface area contributed by atoms with Gasteiger partial charge in [0.2, 0.25) is 0 Å². The molecule has 0 bridgehead atoms. The molecule has 0 spiro atoms. The summed E-state index contributed by atoms with van der Waals surface area (Å²) in [4.78, 5) is 0. The minimum Gasteiger partial charge on any atom is -0.391 e. The SMILES string of the molecule is C=CC=CC=CNCCCCC. The average Bonchev–Trinajstić information content (AvgIpc) is 2.10. The fraction of sp³-hybridized carbons (Fsp3) is 0.455. The van der Waals surface area contributed by atoms with Crippen LogP contribution < -0.4 is 5.32 Å². The molecule has 1 nitrogen and oxygen atoms in total. The van der Waals surface area contributed by atoms with Gasteiger partial charge in [-0.2, -0.15) is 0 Å². The molecule has 0 radical (unpaired) electrons. The van der Waals surface area contributed by atoms with Crippen LogP contribution in [0.5, 0.6) is 0 Å². The molecule has 0 aromatic heterocycles. The molecule has 0 rings (SSSR count). The van der Waals surface area contributed by atoms with Crippen molar-refractivity contribution >= 4 is 0 Å². The molecule has 68 valence electrons. The molecule has 0 saturated carbocycles. The zero-order chi connectivity index (χ0) is 9.07. The Morgan fingerprint density at radius 1 is 1.17 bits per heavy atom. The van der Waals surface area contributed by atoms with Crippen molar-refractivity contribution in [1.29, 1.82) is 0 Å². The average molecular weight is 165 g/mol. The van der Waals surface area contributed by atoms with E-state index in [-0.39, 0.29) is 0 Å². The summed E-state index contributed by atoms with van der Waals surface area (Å²) in [6, 6.07) is 0. The van der Waals surface area contributed by atoms with Crippen LogP contribution in [-0.4, -0.2) is 6.54 Å². The van der Waals surface area contributed by atoms with E-state index in [0.29, 0.717) is 0 Å². The van der Waals surface area contributed by atoms with Crippen LogP contribution in [0.25, 0.3) is 0 Å². The van der Waals surface area contributed by atoms with Gasteiger partial charge in [0.15, 0.2) is 0 Å². The van der Waals surface area contributed by atoms with Gasteiger partial charge >= 0.3 is 0 Å². The minimum atomic E-state index is 1.08. The van der Waals surface area contributed by atoms with Crippen molar-refractivity contribution in [1.82, 2.24) is 5.32 Å². The summed E-state index contributed by atoms with van der Waals surface area (Å²) in [6.07, 6.45) is 13.4. The van der Waals surface area contributed by atoms with E-state index in [1.54, 1.807) is 6.08 Å². The fourth-order valence-corrected chi connectivity index (χ4v) is 0.827. The molecule has 0 aliphatic heterocycles. The van der Waals surface area contributed by atoms with Crippen LogP contribution in [0.3, 0.4) is 0 Å². The van der Waals surface area contributed by atoms with Gasteiger partial charge in [-0.3, -0.25) is 0 Å². The fourth-order valence-electron chi connectivity index (χ4n) is 0.827. The van der Waals surface area contributed by atoms with Gasteiger partial charge in [-0.05, 0) is 18.7 Å². The van der Waals surface area contributed by atoms with Gasteiger partial charge in [0.05, 0.1) is 0 Å². The van der Waals surface area contributed by atoms with Crippen molar-refractivity contribution in [2.24, 2.45) is 0 Å². The van der Waals surface area contributed by atoms with E-state index in [4.69, 9.17) is 0 Å². The zero-order valence-corrected chi connectivity index (χ0v) is 7.92.